The van der Waals surface area contributed by atoms with E-state index in [-0.39, 0.29) is 17.3 Å². The van der Waals surface area contributed by atoms with Crippen LogP contribution in [0.2, 0.25) is 0 Å². The fraction of sp³-hybridized carbons (Fsp3) is 0.600. The maximum Gasteiger partial charge on any atom is 0.188 e. The fourth-order valence-corrected chi connectivity index (χ4v) is 6.82. The molecule has 2 saturated carbocycles. The van der Waals surface area contributed by atoms with Crippen molar-refractivity contribution in [3.8, 4) is 5.75 Å². The van der Waals surface area contributed by atoms with Crippen molar-refractivity contribution < 1.29 is 14.6 Å². The Morgan fingerprint density at radius 1 is 1.00 bits per heavy atom. The second-order valence-corrected chi connectivity index (χ2v) is 10.1. The summed E-state index contributed by atoms with van der Waals surface area (Å²) in [4.78, 5) is 0. The van der Waals surface area contributed by atoms with E-state index in [0.717, 1.165) is 35.3 Å². The lowest BCUT2D eigenvalue weighted by atomic mass is 9.48. The van der Waals surface area contributed by atoms with Gasteiger partial charge in [-0.1, -0.05) is 57.5 Å². The number of benzene rings is 2. The summed E-state index contributed by atoms with van der Waals surface area (Å²) in [6, 6.07) is 11.9. The van der Waals surface area contributed by atoms with Gasteiger partial charge in [0.2, 0.25) is 0 Å². The molecule has 0 aromatic heterocycles. The third-order valence-corrected chi connectivity index (χ3v) is 8.22. The first kappa shape index (κ1) is 18.4. The molecule has 3 heteroatoms. The van der Waals surface area contributed by atoms with Crippen LogP contribution < -0.4 is 0 Å². The van der Waals surface area contributed by atoms with Crippen LogP contribution >= 0.6 is 0 Å². The van der Waals surface area contributed by atoms with Crippen molar-refractivity contribution in [2.24, 2.45) is 22.7 Å². The summed E-state index contributed by atoms with van der Waals surface area (Å²) in [5, 5.41) is 12.7. The van der Waals surface area contributed by atoms with E-state index in [9.17, 15) is 5.11 Å². The molecule has 2 aromatic carbocycles. The SMILES string of the molecule is CC1(C)CCC[C@]2(C)[C@H]3CO[C@H](c4c(O)ccc5ccccc45)O[C@@H]3CC[C@@H]12. The van der Waals surface area contributed by atoms with E-state index in [4.69, 9.17) is 9.47 Å². The van der Waals surface area contributed by atoms with Crippen molar-refractivity contribution in [2.45, 2.75) is 65.3 Å². The van der Waals surface area contributed by atoms with Crippen molar-refractivity contribution in [3.63, 3.8) is 0 Å². The highest BCUT2D eigenvalue weighted by Crippen LogP contribution is 2.61. The number of aromatic hydroxyl groups is 1. The number of ether oxygens (including phenoxy) is 2. The highest BCUT2D eigenvalue weighted by molar-refractivity contribution is 5.87. The van der Waals surface area contributed by atoms with Crippen LogP contribution in [0.1, 0.15) is 64.7 Å². The Bertz CT molecular complexity index is 888. The van der Waals surface area contributed by atoms with Gasteiger partial charge in [-0.3, -0.25) is 0 Å². The third-order valence-electron chi connectivity index (χ3n) is 8.22. The van der Waals surface area contributed by atoms with Crippen LogP contribution in [0.3, 0.4) is 0 Å². The lowest BCUT2D eigenvalue weighted by Gasteiger charge is -2.60. The molecule has 1 N–H and O–H groups in total. The molecule has 0 spiro atoms. The molecular weight excluding hydrogens is 348 g/mol. The molecule has 0 amide bonds. The second-order valence-electron chi connectivity index (χ2n) is 10.1. The van der Waals surface area contributed by atoms with Crippen molar-refractivity contribution >= 4 is 10.8 Å². The van der Waals surface area contributed by atoms with Gasteiger partial charge in [0.25, 0.3) is 0 Å². The second kappa shape index (κ2) is 6.47. The first-order valence-electron chi connectivity index (χ1n) is 10.9. The van der Waals surface area contributed by atoms with E-state index in [0.29, 0.717) is 11.3 Å². The Balaban J connectivity index is 1.46. The molecule has 2 aromatic rings. The summed E-state index contributed by atoms with van der Waals surface area (Å²) in [6.07, 6.45) is 5.98. The molecule has 5 rings (SSSR count). The predicted octanol–water partition coefficient (Wildman–Crippen LogP) is 6.20. The lowest BCUT2D eigenvalue weighted by molar-refractivity contribution is -0.285. The van der Waals surface area contributed by atoms with Gasteiger partial charge in [-0.05, 0) is 59.3 Å². The van der Waals surface area contributed by atoms with Crippen molar-refractivity contribution in [1.82, 2.24) is 0 Å². The third kappa shape index (κ3) is 2.70. The lowest BCUT2D eigenvalue weighted by Crippen LogP contribution is -2.56. The molecular formula is C25H32O3. The smallest absolute Gasteiger partial charge is 0.188 e. The summed E-state index contributed by atoms with van der Waals surface area (Å²) in [5.41, 5.74) is 1.48. The zero-order valence-corrected chi connectivity index (χ0v) is 17.3. The summed E-state index contributed by atoms with van der Waals surface area (Å²) in [7, 11) is 0. The van der Waals surface area contributed by atoms with Crippen LogP contribution in [-0.2, 0) is 9.47 Å². The maximum atomic E-state index is 10.6. The monoisotopic (exact) mass is 380 g/mol. The highest BCUT2D eigenvalue weighted by atomic mass is 16.7. The number of rotatable bonds is 1. The number of phenols is 1. The molecule has 1 saturated heterocycles. The van der Waals surface area contributed by atoms with E-state index < -0.39 is 6.29 Å². The quantitative estimate of drug-likeness (QED) is 0.640. The number of fused-ring (bicyclic) bond motifs is 4. The van der Waals surface area contributed by atoms with Crippen LogP contribution in [0.15, 0.2) is 36.4 Å². The van der Waals surface area contributed by atoms with Crippen LogP contribution in [0.4, 0.5) is 0 Å². The van der Waals surface area contributed by atoms with Crippen molar-refractivity contribution in [1.29, 1.82) is 0 Å². The average Bonchev–Trinajstić information content (AvgIpc) is 2.67. The van der Waals surface area contributed by atoms with Gasteiger partial charge in [-0.2, -0.15) is 0 Å². The number of hydrogen-bond acceptors (Lipinski definition) is 3. The minimum Gasteiger partial charge on any atom is -0.507 e. The van der Waals surface area contributed by atoms with Crippen LogP contribution in [0.25, 0.3) is 10.8 Å². The normalized spacial score (nSPS) is 37.2. The Hall–Kier alpha value is -1.58. The molecule has 3 fully saturated rings. The summed E-state index contributed by atoms with van der Waals surface area (Å²) in [6.45, 7) is 8.12. The molecule has 3 aliphatic rings. The number of hydrogen-bond donors (Lipinski definition) is 1. The Morgan fingerprint density at radius 2 is 1.82 bits per heavy atom. The van der Waals surface area contributed by atoms with Gasteiger partial charge in [0, 0.05) is 5.92 Å². The zero-order chi connectivity index (χ0) is 19.5. The summed E-state index contributed by atoms with van der Waals surface area (Å²) >= 11 is 0. The molecule has 0 radical (unpaired) electrons. The highest BCUT2D eigenvalue weighted by Gasteiger charge is 2.56. The molecule has 1 heterocycles. The van der Waals surface area contributed by atoms with E-state index in [1.54, 1.807) is 6.07 Å². The van der Waals surface area contributed by atoms with Gasteiger partial charge in [0.05, 0.1) is 18.3 Å². The average molecular weight is 381 g/mol. The topological polar surface area (TPSA) is 38.7 Å². The minimum atomic E-state index is -0.482. The van der Waals surface area contributed by atoms with Gasteiger partial charge in [-0.25, -0.2) is 0 Å². The minimum absolute atomic E-state index is 0.215. The molecule has 150 valence electrons. The molecule has 28 heavy (non-hydrogen) atoms. The van der Waals surface area contributed by atoms with Crippen LogP contribution in [0.5, 0.6) is 5.75 Å². The van der Waals surface area contributed by atoms with E-state index in [2.05, 4.69) is 26.8 Å². The molecule has 1 aliphatic heterocycles. The molecule has 5 atom stereocenters. The van der Waals surface area contributed by atoms with Gasteiger partial charge in [0.1, 0.15) is 5.75 Å². The largest absolute Gasteiger partial charge is 0.507 e. The van der Waals surface area contributed by atoms with Crippen molar-refractivity contribution in [2.75, 3.05) is 6.61 Å². The van der Waals surface area contributed by atoms with Crippen molar-refractivity contribution in [3.05, 3.63) is 42.0 Å². The van der Waals surface area contributed by atoms with E-state index in [1.165, 1.54) is 25.7 Å². The first-order valence-corrected chi connectivity index (χ1v) is 10.9. The fourth-order valence-electron chi connectivity index (χ4n) is 6.82. The predicted molar refractivity (Wildman–Crippen MR) is 111 cm³/mol. The zero-order valence-electron chi connectivity index (χ0n) is 17.3. The van der Waals surface area contributed by atoms with Gasteiger partial charge in [0.15, 0.2) is 6.29 Å². The standard InChI is InChI=1S/C25H32O3/c1-24(2)13-6-14-25(3)18-15-27-23(28-20(18)11-12-21(24)25)22-17-8-5-4-7-16(17)9-10-19(22)26/h4-5,7-10,18,20-21,23,26H,6,11-15H2,1-3H3/t18-,20+,21-,23-,25+/m0/s1. The van der Waals surface area contributed by atoms with Crippen LogP contribution in [-0.4, -0.2) is 17.8 Å². The Morgan fingerprint density at radius 3 is 2.68 bits per heavy atom. The molecule has 3 nitrogen and oxygen atoms in total. The molecule has 0 bridgehead atoms. The van der Waals surface area contributed by atoms with Gasteiger partial charge >= 0.3 is 0 Å². The van der Waals surface area contributed by atoms with Gasteiger partial charge < -0.3 is 14.6 Å². The molecule has 0 unspecified atom stereocenters. The van der Waals surface area contributed by atoms with Crippen LogP contribution in [0, 0.1) is 22.7 Å². The summed E-state index contributed by atoms with van der Waals surface area (Å²) < 4.78 is 12.9. The summed E-state index contributed by atoms with van der Waals surface area (Å²) in [5.74, 6) is 1.45. The Kier molecular flexibility index (Phi) is 4.26. The van der Waals surface area contributed by atoms with E-state index in [1.807, 2.05) is 24.3 Å². The Labute approximate surface area is 168 Å². The van der Waals surface area contributed by atoms with Gasteiger partial charge in [-0.15, -0.1) is 0 Å². The number of phenolic OH excluding ortho intramolecular Hbond substituents is 1. The maximum absolute atomic E-state index is 10.6. The molecule has 2 aliphatic carbocycles. The first-order chi connectivity index (χ1) is 13.4. The van der Waals surface area contributed by atoms with E-state index >= 15 is 0 Å².